The van der Waals surface area contributed by atoms with Crippen LogP contribution >= 0.6 is 11.3 Å². The fourth-order valence-electron chi connectivity index (χ4n) is 2.34. The molecule has 6 nitrogen and oxygen atoms in total. The summed E-state index contributed by atoms with van der Waals surface area (Å²) < 4.78 is 30.4. The van der Waals surface area contributed by atoms with Gasteiger partial charge in [0.1, 0.15) is 4.90 Å². The number of hydrogen-bond acceptors (Lipinski definition) is 7. The standard InChI is InChI=1S/C15H9N3O3S2/c19-23(20,21-15-18-7-8-22-15)12-9-10-3-1-5-16-13(10)14-11(12)4-2-6-17-14/h1-9H. The Labute approximate surface area is 135 Å². The molecule has 0 saturated carbocycles. The fraction of sp³-hybridized carbons (Fsp3) is 0. The summed E-state index contributed by atoms with van der Waals surface area (Å²) in [5, 5.41) is 2.87. The van der Waals surface area contributed by atoms with Gasteiger partial charge in [0.2, 0.25) is 0 Å². The van der Waals surface area contributed by atoms with Gasteiger partial charge in [-0.15, -0.1) is 0 Å². The second-order valence-electron chi connectivity index (χ2n) is 4.68. The third-order valence-electron chi connectivity index (χ3n) is 3.28. The quantitative estimate of drug-likeness (QED) is 0.420. The number of nitrogens with zero attached hydrogens (tertiary/aromatic N) is 3. The van der Waals surface area contributed by atoms with Gasteiger partial charge < -0.3 is 4.18 Å². The highest BCUT2D eigenvalue weighted by Crippen LogP contribution is 2.30. The van der Waals surface area contributed by atoms with Crippen LogP contribution < -0.4 is 4.18 Å². The Kier molecular flexibility index (Phi) is 3.21. The van der Waals surface area contributed by atoms with Crippen molar-refractivity contribution in [2.45, 2.75) is 4.90 Å². The highest BCUT2D eigenvalue weighted by molar-refractivity contribution is 7.87. The molecule has 8 heteroatoms. The van der Waals surface area contributed by atoms with Crippen LogP contribution in [0.1, 0.15) is 0 Å². The van der Waals surface area contributed by atoms with Crippen molar-refractivity contribution in [3.8, 4) is 5.19 Å². The number of hydrogen-bond donors (Lipinski definition) is 0. The van der Waals surface area contributed by atoms with Gasteiger partial charge in [0.15, 0.2) is 0 Å². The third kappa shape index (κ3) is 2.41. The molecule has 0 radical (unpaired) electrons. The van der Waals surface area contributed by atoms with Crippen LogP contribution in [-0.4, -0.2) is 23.4 Å². The van der Waals surface area contributed by atoms with Gasteiger partial charge in [-0.05, 0) is 24.3 Å². The summed E-state index contributed by atoms with van der Waals surface area (Å²) in [6.07, 6.45) is 4.74. The third-order valence-corrected chi connectivity index (χ3v) is 5.29. The van der Waals surface area contributed by atoms with Crippen molar-refractivity contribution >= 4 is 43.3 Å². The smallest absolute Gasteiger partial charge is 0.342 e. The highest BCUT2D eigenvalue weighted by Gasteiger charge is 2.23. The summed E-state index contributed by atoms with van der Waals surface area (Å²) in [5.74, 6) is 0. The topological polar surface area (TPSA) is 82.0 Å². The Morgan fingerprint density at radius 1 is 0.957 bits per heavy atom. The molecule has 0 aliphatic carbocycles. The summed E-state index contributed by atoms with van der Waals surface area (Å²) in [5.41, 5.74) is 1.17. The molecule has 0 N–H and O–H groups in total. The molecule has 0 atom stereocenters. The normalized spacial score (nSPS) is 11.8. The maximum atomic E-state index is 12.7. The average Bonchev–Trinajstić information content (AvgIpc) is 3.06. The lowest BCUT2D eigenvalue weighted by Gasteiger charge is -2.09. The van der Waals surface area contributed by atoms with Crippen LogP contribution in [0.5, 0.6) is 5.19 Å². The predicted molar refractivity (Wildman–Crippen MR) is 87.0 cm³/mol. The minimum absolute atomic E-state index is 0.0521. The lowest BCUT2D eigenvalue weighted by Crippen LogP contribution is -2.10. The maximum absolute atomic E-state index is 12.7. The molecule has 3 aromatic heterocycles. The molecule has 0 aliphatic heterocycles. The molecule has 23 heavy (non-hydrogen) atoms. The van der Waals surface area contributed by atoms with E-state index in [4.69, 9.17) is 4.18 Å². The SMILES string of the molecule is O=S(=O)(Oc1nccs1)c1cc2cccnc2c2ncccc12. The van der Waals surface area contributed by atoms with Crippen LogP contribution in [0.25, 0.3) is 21.8 Å². The fourth-order valence-corrected chi connectivity index (χ4v) is 4.15. The lowest BCUT2D eigenvalue weighted by atomic mass is 10.1. The first-order valence-electron chi connectivity index (χ1n) is 6.61. The van der Waals surface area contributed by atoms with Crippen LogP contribution in [0.2, 0.25) is 0 Å². The first kappa shape index (κ1) is 14.0. The first-order chi connectivity index (χ1) is 11.1. The predicted octanol–water partition coefficient (Wildman–Crippen LogP) is 3.01. The Morgan fingerprint density at radius 2 is 1.74 bits per heavy atom. The molecular formula is C15H9N3O3S2. The monoisotopic (exact) mass is 343 g/mol. The second kappa shape index (κ2) is 5.25. The van der Waals surface area contributed by atoms with Gasteiger partial charge in [0, 0.05) is 34.7 Å². The van der Waals surface area contributed by atoms with E-state index in [2.05, 4.69) is 15.0 Å². The zero-order valence-electron chi connectivity index (χ0n) is 11.6. The zero-order valence-corrected chi connectivity index (χ0v) is 13.2. The summed E-state index contributed by atoms with van der Waals surface area (Å²) in [6.45, 7) is 0. The van der Waals surface area contributed by atoms with Crippen molar-refractivity contribution in [3.05, 3.63) is 54.3 Å². The van der Waals surface area contributed by atoms with Gasteiger partial charge in [0.25, 0.3) is 5.19 Å². The van der Waals surface area contributed by atoms with Gasteiger partial charge in [-0.2, -0.15) is 8.42 Å². The van der Waals surface area contributed by atoms with E-state index in [1.807, 2.05) is 0 Å². The molecule has 0 unspecified atom stereocenters. The number of thiazole rings is 1. The lowest BCUT2D eigenvalue weighted by molar-refractivity contribution is 0.485. The van der Waals surface area contributed by atoms with Crippen molar-refractivity contribution in [3.63, 3.8) is 0 Å². The molecular weight excluding hydrogens is 334 g/mol. The highest BCUT2D eigenvalue weighted by atomic mass is 32.2. The Hall–Kier alpha value is -2.58. The summed E-state index contributed by atoms with van der Waals surface area (Å²) in [4.78, 5) is 12.5. The molecule has 4 rings (SSSR count). The van der Waals surface area contributed by atoms with Gasteiger partial charge in [0.05, 0.1) is 11.0 Å². The molecule has 0 aliphatic rings. The van der Waals surface area contributed by atoms with Gasteiger partial charge in [-0.3, -0.25) is 9.97 Å². The molecule has 0 bridgehead atoms. The number of aromatic nitrogens is 3. The minimum Gasteiger partial charge on any atom is -0.348 e. The Morgan fingerprint density at radius 3 is 2.52 bits per heavy atom. The van der Waals surface area contributed by atoms with E-state index < -0.39 is 10.1 Å². The first-order valence-corrected chi connectivity index (χ1v) is 8.90. The van der Waals surface area contributed by atoms with Crippen molar-refractivity contribution < 1.29 is 12.6 Å². The van der Waals surface area contributed by atoms with E-state index in [1.165, 1.54) is 6.20 Å². The van der Waals surface area contributed by atoms with Crippen LogP contribution in [-0.2, 0) is 10.1 Å². The van der Waals surface area contributed by atoms with Crippen LogP contribution in [0.3, 0.4) is 0 Å². The van der Waals surface area contributed by atoms with Crippen molar-refractivity contribution in [1.29, 1.82) is 0 Å². The molecule has 0 spiro atoms. The molecule has 1 aromatic carbocycles. The molecule has 0 saturated heterocycles. The number of benzene rings is 1. The Balaban J connectivity index is 2.01. The van der Waals surface area contributed by atoms with Crippen molar-refractivity contribution in [2.75, 3.05) is 0 Å². The van der Waals surface area contributed by atoms with Gasteiger partial charge in [-0.1, -0.05) is 17.4 Å². The molecule has 0 amide bonds. The number of fused-ring (bicyclic) bond motifs is 3. The second-order valence-corrected chi connectivity index (χ2v) is 7.06. The molecule has 3 heterocycles. The minimum atomic E-state index is -4.02. The van der Waals surface area contributed by atoms with E-state index >= 15 is 0 Å². The van der Waals surface area contributed by atoms with E-state index in [9.17, 15) is 8.42 Å². The maximum Gasteiger partial charge on any atom is 0.342 e. The van der Waals surface area contributed by atoms with Crippen LogP contribution in [0, 0.1) is 0 Å². The van der Waals surface area contributed by atoms with Crippen LogP contribution in [0.4, 0.5) is 0 Å². The van der Waals surface area contributed by atoms with Crippen LogP contribution in [0.15, 0.2) is 59.2 Å². The average molecular weight is 343 g/mol. The number of pyridine rings is 2. The summed E-state index contributed by atoms with van der Waals surface area (Å²) in [6, 6.07) is 8.46. The van der Waals surface area contributed by atoms with Gasteiger partial charge in [-0.25, -0.2) is 4.98 Å². The largest absolute Gasteiger partial charge is 0.348 e. The zero-order chi connectivity index (χ0) is 15.9. The molecule has 4 aromatic rings. The van der Waals surface area contributed by atoms with Crippen molar-refractivity contribution in [2.24, 2.45) is 0 Å². The number of rotatable bonds is 3. The van der Waals surface area contributed by atoms with E-state index in [-0.39, 0.29) is 10.1 Å². The van der Waals surface area contributed by atoms with Crippen molar-refractivity contribution in [1.82, 2.24) is 15.0 Å². The van der Waals surface area contributed by atoms with E-state index in [0.717, 1.165) is 11.3 Å². The van der Waals surface area contributed by atoms with E-state index in [0.29, 0.717) is 21.8 Å². The molecule has 114 valence electrons. The summed E-state index contributed by atoms with van der Waals surface area (Å²) in [7, 11) is -4.02. The van der Waals surface area contributed by atoms with E-state index in [1.54, 1.807) is 48.1 Å². The van der Waals surface area contributed by atoms with Gasteiger partial charge >= 0.3 is 10.1 Å². The molecule has 0 fully saturated rings. The summed E-state index contributed by atoms with van der Waals surface area (Å²) >= 11 is 1.11. The Bertz CT molecular complexity index is 1110.